The second kappa shape index (κ2) is 9.82. The lowest BCUT2D eigenvalue weighted by Gasteiger charge is -2.28. The van der Waals surface area contributed by atoms with Crippen molar-refractivity contribution in [3.63, 3.8) is 0 Å². The van der Waals surface area contributed by atoms with E-state index in [-0.39, 0.29) is 18.4 Å². The smallest absolute Gasteiger partial charge is 0.261 e. The molecule has 0 bridgehead atoms. The van der Waals surface area contributed by atoms with Gasteiger partial charge in [-0.1, -0.05) is 41.9 Å². The molecule has 26 heavy (non-hydrogen) atoms. The highest BCUT2D eigenvalue weighted by molar-refractivity contribution is 6.30. The minimum Gasteiger partial charge on any atom is -0.484 e. The summed E-state index contributed by atoms with van der Waals surface area (Å²) < 4.78 is 5.55. The average Bonchev–Trinajstić information content (AvgIpc) is 2.66. The van der Waals surface area contributed by atoms with Crippen LogP contribution >= 0.6 is 11.6 Å². The Hall–Kier alpha value is -2.53. The average molecular weight is 375 g/mol. The lowest BCUT2D eigenvalue weighted by Crippen LogP contribution is -2.49. The zero-order chi connectivity index (χ0) is 18.9. The number of benzene rings is 2. The van der Waals surface area contributed by atoms with Crippen LogP contribution < -0.4 is 10.1 Å². The Labute approximate surface area is 158 Å². The van der Waals surface area contributed by atoms with Crippen LogP contribution in [0.25, 0.3) is 0 Å². The van der Waals surface area contributed by atoms with Gasteiger partial charge in [0.05, 0.1) is 0 Å². The van der Waals surface area contributed by atoms with Crippen LogP contribution in [-0.4, -0.2) is 35.9 Å². The van der Waals surface area contributed by atoms with Crippen LogP contribution in [-0.2, 0) is 16.1 Å². The van der Waals surface area contributed by atoms with Gasteiger partial charge < -0.3 is 15.0 Å². The molecule has 0 aliphatic rings. The monoisotopic (exact) mass is 374 g/mol. The molecule has 0 heterocycles. The number of ether oxygens (including phenoxy) is 1. The number of nitrogens with zero attached hydrogens (tertiary/aromatic N) is 1. The number of hydrogen-bond donors (Lipinski definition) is 1. The van der Waals surface area contributed by atoms with Crippen molar-refractivity contribution in [1.82, 2.24) is 10.2 Å². The third-order valence-corrected chi connectivity index (χ3v) is 4.14. The van der Waals surface area contributed by atoms with Gasteiger partial charge in [0.25, 0.3) is 5.91 Å². The van der Waals surface area contributed by atoms with Gasteiger partial charge in [0.15, 0.2) is 6.61 Å². The van der Waals surface area contributed by atoms with Crippen molar-refractivity contribution in [2.24, 2.45) is 0 Å². The van der Waals surface area contributed by atoms with Crippen LogP contribution in [0.1, 0.15) is 19.4 Å². The van der Waals surface area contributed by atoms with Crippen molar-refractivity contribution >= 4 is 23.4 Å². The van der Waals surface area contributed by atoms with Crippen LogP contribution in [0.15, 0.2) is 54.6 Å². The molecule has 0 spiro atoms. The molecule has 0 saturated heterocycles. The Morgan fingerprint density at radius 2 is 1.77 bits per heavy atom. The van der Waals surface area contributed by atoms with Crippen LogP contribution in [0.3, 0.4) is 0 Å². The molecule has 1 unspecified atom stereocenters. The second-order valence-electron chi connectivity index (χ2n) is 5.82. The number of hydrogen-bond acceptors (Lipinski definition) is 3. The lowest BCUT2D eigenvalue weighted by atomic mass is 10.1. The number of rotatable bonds is 8. The van der Waals surface area contributed by atoms with E-state index in [1.165, 1.54) is 4.90 Å². The lowest BCUT2D eigenvalue weighted by molar-refractivity contribution is -0.142. The Kier molecular flexibility index (Phi) is 7.48. The van der Waals surface area contributed by atoms with Crippen molar-refractivity contribution in [2.45, 2.75) is 26.4 Å². The molecule has 1 atom stereocenters. The number of likely N-dealkylation sites (N-methyl/N-ethyl adjacent to an activating group) is 1. The molecular weight excluding hydrogens is 352 g/mol. The molecule has 2 aromatic rings. The van der Waals surface area contributed by atoms with Crippen LogP contribution in [0, 0.1) is 0 Å². The molecule has 2 aromatic carbocycles. The van der Waals surface area contributed by atoms with E-state index < -0.39 is 6.04 Å². The number of amides is 2. The summed E-state index contributed by atoms with van der Waals surface area (Å²) in [6, 6.07) is 15.7. The maximum absolute atomic E-state index is 12.7. The fourth-order valence-electron chi connectivity index (χ4n) is 2.44. The van der Waals surface area contributed by atoms with E-state index in [0.717, 1.165) is 5.56 Å². The highest BCUT2D eigenvalue weighted by Crippen LogP contribution is 2.16. The van der Waals surface area contributed by atoms with Crippen molar-refractivity contribution in [1.29, 1.82) is 0 Å². The topological polar surface area (TPSA) is 58.6 Å². The number of nitrogens with one attached hydrogen (secondary N) is 1. The zero-order valence-corrected chi connectivity index (χ0v) is 15.7. The summed E-state index contributed by atoms with van der Waals surface area (Å²) in [6.45, 7) is 4.25. The molecule has 0 aliphatic carbocycles. The minimum absolute atomic E-state index is 0.155. The summed E-state index contributed by atoms with van der Waals surface area (Å²) in [5, 5.41) is 3.35. The standard InChI is InChI=1S/C20H23ClN2O3/c1-3-22-20(25)15(2)23(13-16-7-5-4-6-8-16)19(24)14-26-18-11-9-17(21)10-12-18/h4-12,15H,3,13-14H2,1-2H3,(H,22,25). The maximum atomic E-state index is 12.7. The van der Waals surface area contributed by atoms with Gasteiger partial charge in [0, 0.05) is 18.1 Å². The van der Waals surface area contributed by atoms with Gasteiger partial charge in [-0.3, -0.25) is 9.59 Å². The highest BCUT2D eigenvalue weighted by Gasteiger charge is 2.26. The van der Waals surface area contributed by atoms with Gasteiger partial charge in [0.2, 0.25) is 5.91 Å². The summed E-state index contributed by atoms with van der Waals surface area (Å²) in [5.41, 5.74) is 0.948. The largest absolute Gasteiger partial charge is 0.484 e. The zero-order valence-electron chi connectivity index (χ0n) is 14.9. The molecule has 0 radical (unpaired) electrons. The first-order valence-electron chi connectivity index (χ1n) is 8.50. The number of carbonyl (C=O) groups is 2. The van der Waals surface area contributed by atoms with E-state index in [2.05, 4.69) is 5.32 Å². The fourth-order valence-corrected chi connectivity index (χ4v) is 2.57. The van der Waals surface area contributed by atoms with Gasteiger partial charge in [-0.05, 0) is 43.7 Å². The summed E-state index contributed by atoms with van der Waals surface area (Å²) in [4.78, 5) is 26.5. The van der Waals surface area contributed by atoms with E-state index in [9.17, 15) is 9.59 Å². The molecule has 2 rings (SSSR count). The van der Waals surface area contributed by atoms with Gasteiger partial charge in [-0.25, -0.2) is 0 Å². The van der Waals surface area contributed by atoms with Gasteiger partial charge in [-0.2, -0.15) is 0 Å². The molecule has 6 heteroatoms. The molecule has 0 fully saturated rings. The van der Waals surface area contributed by atoms with E-state index >= 15 is 0 Å². The first kappa shape index (κ1) is 19.8. The molecule has 2 amide bonds. The van der Waals surface area contributed by atoms with E-state index in [0.29, 0.717) is 23.9 Å². The first-order valence-corrected chi connectivity index (χ1v) is 8.88. The van der Waals surface area contributed by atoms with Gasteiger partial charge in [0.1, 0.15) is 11.8 Å². The maximum Gasteiger partial charge on any atom is 0.261 e. The Bertz CT molecular complexity index is 720. The predicted molar refractivity (Wildman–Crippen MR) is 102 cm³/mol. The SMILES string of the molecule is CCNC(=O)C(C)N(Cc1ccccc1)C(=O)COc1ccc(Cl)cc1. The molecular formula is C20H23ClN2O3. The van der Waals surface area contributed by atoms with Crippen LogP contribution in [0.2, 0.25) is 5.02 Å². The third-order valence-electron chi connectivity index (χ3n) is 3.89. The minimum atomic E-state index is -0.600. The molecule has 138 valence electrons. The summed E-state index contributed by atoms with van der Waals surface area (Å²) >= 11 is 5.85. The molecule has 0 saturated carbocycles. The van der Waals surface area contributed by atoms with Crippen LogP contribution in [0.4, 0.5) is 0 Å². The molecule has 0 aromatic heterocycles. The predicted octanol–water partition coefficient (Wildman–Crippen LogP) is 3.27. The number of halogens is 1. The van der Waals surface area contributed by atoms with Gasteiger partial charge in [-0.15, -0.1) is 0 Å². The van der Waals surface area contributed by atoms with Gasteiger partial charge >= 0.3 is 0 Å². The fraction of sp³-hybridized carbons (Fsp3) is 0.300. The second-order valence-corrected chi connectivity index (χ2v) is 6.26. The quantitative estimate of drug-likeness (QED) is 0.771. The van der Waals surface area contributed by atoms with Crippen molar-refractivity contribution < 1.29 is 14.3 Å². The molecule has 0 aliphatic heterocycles. The first-order chi connectivity index (χ1) is 12.5. The molecule has 1 N–H and O–H groups in total. The summed E-state index contributed by atoms with van der Waals surface area (Å²) in [7, 11) is 0. The summed E-state index contributed by atoms with van der Waals surface area (Å²) in [6.07, 6.45) is 0. The van der Waals surface area contributed by atoms with Crippen molar-refractivity contribution in [3.8, 4) is 5.75 Å². The number of carbonyl (C=O) groups excluding carboxylic acids is 2. The Balaban J connectivity index is 2.09. The Morgan fingerprint density at radius 1 is 1.12 bits per heavy atom. The van der Waals surface area contributed by atoms with Crippen molar-refractivity contribution in [2.75, 3.05) is 13.2 Å². The molecule has 5 nitrogen and oxygen atoms in total. The van der Waals surface area contributed by atoms with Crippen LogP contribution in [0.5, 0.6) is 5.75 Å². The van der Waals surface area contributed by atoms with Crippen molar-refractivity contribution in [3.05, 3.63) is 65.2 Å². The summed E-state index contributed by atoms with van der Waals surface area (Å²) in [5.74, 6) is 0.0962. The highest BCUT2D eigenvalue weighted by atomic mass is 35.5. The normalized spacial score (nSPS) is 11.5. The Morgan fingerprint density at radius 3 is 2.38 bits per heavy atom. The third kappa shape index (κ3) is 5.77. The van der Waals surface area contributed by atoms with E-state index in [1.54, 1.807) is 31.2 Å². The van der Waals surface area contributed by atoms with E-state index in [4.69, 9.17) is 16.3 Å². The van der Waals surface area contributed by atoms with E-state index in [1.807, 2.05) is 37.3 Å².